The normalized spacial score (nSPS) is 9.35. The fourth-order valence-corrected chi connectivity index (χ4v) is 1.76. The zero-order valence-corrected chi connectivity index (χ0v) is 13.3. The number of anilines is 2. The van der Waals surface area contributed by atoms with Gasteiger partial charge in [-0.3, -0.25) is 0 Å². The number of hydrogen-bond donors (Lipinski definition) is 2. The molecular weight excluding hydrogens is 296 g/mol. The quantitative estimate of drug-likeness (QED) is 0.651. The Kier molecular flexibility index (Phi) is 6.61. The highest BCUT2D eigenvalue weighted by Crippen LogP contribution is 2.16. The molecule has 0 unspecified atom stereocenters. The number of para-hydroxylation sites is 2. The first-order chi connectivity index (χ1) is 10.9. The number of esters is 2. The molecule has 0 aliphatic rings. The Morgan fingerprint density at radius 3 is 1.91 bits per heavy atom. The summed E-state index contributed by atoms with van der Waals surface area (Å²) in [6, 6.07) is 12.1. The SMILES string of the molecule is COC(=O)c1cccc(C)c1N.COC(=O)c1ccccc1N. The van der Waals surface area contributed by atoms with Crippen molar-refractivity contribution < 1.29 is 19.1 Å². The Bertz CT molecular complexity index is 699. The van der Waals surface area contributed by atoms with E-state index in [0.717, 1.165) is 5.56 Å². The molecule has 0 spiro atoms. The van der Waals surface area contributed by atoms with Gasteiger partial charge in [-0.05, 0) is 30.7 Å². The topological polar surface area (TPSA) is 105 Å². The smallest absolute Gasteiger partial charge is 0.339 e. The Morgan fingerprint density at radius 1 is 0.826 bits per heavy atom. The van der Waals surface area contributed by atoms with Gasteiger partial charge in [0.25, 0.3) is 0 Å². The van der Waals surface area contributed by atoms with E-state index in [9.17, 15) is 9.59 Å². The van der Waals surface area contributed by atoms with Crippen molar-refractivity contribution in [1.29, 1.82) is 0 Å². The van der Waals surface area contributed by atoms with E-state index < -0.39 is 11.9 Å². The molecule has 0 saturated carbocycles. The Labute approximate surface area is 135 Å². The van der Waals surface area contributed by atoms with Gasteiger partial charge < -0.3 is 20.9 Å². The molecule has 23 heavy (non-hydrogen) atoms. The van der Waals surface area contributed by atoms with Gasteiger partial charge in [0, 0.05) is 11.4 Å². The highest BCUT2D eigenvalue weighted by atomic mass is 16.5. The molecule has 0 saturated heterocycles. The van der Waals surface area contributed by atoms with E-state index in [1.54, 1.807) is 36.4 Å². The predicted molar refractivity (Wildman–Crippen MR) is 89.1 cm³/mol. The largest absolute Gasteiger partial charge is 0.465 e. The first kappa shape index (κ1) is 18.0. The predicted octanol–water partition coefficient (Wildman–Crippen LogP) is 2.42. The van der Waals surface area contributed by atoms with Gasteiger partial charge in [-0.2, -0.15) is 0 Å². The van der Waals surface area contributed by atoms with Gasteiger partial charge in [-0.1, -0.05) is 24.3 Å². The maximum atomic E-state index is 11.1. The van der Waals surface area contributed by atoms with Crippen LogP contribution in [0, 0.1) is 6.92 Å². The molecule has 0 aliphatic carbocycles. The summed E-state index contributed by atoms with van der Waals surface area (Å²) in [7, 11) is 2.67. The van der Waals surface area contributed by atoms with Crippen LogP contribution in [0.1, 0.15) is 26.3 Å². The van der Waals surface area contributed by atoms with Gasteiger partial charge in [0.15, 0.2) is 0 Å². The molecule has 0 aliphatic heterocycles. The zero-order valence-electron chi connectivity index (χ0n) is 13.3. The van der Waals surface area contributed by atoms with Crippen LogP contribution in [0.15, 0.2) is 42.5 Å². The maximum Gasteiger partial charge on any atom is 0.339 e. The molecule has 6 nitrogen and oxygen atoms in total. The van der Waals surface area contributed by atoms with Gasteiger partial charge in [-0.25, -0.2) is 9.59 Å². The lowest BCUT2D eigenvalue weighted by molar-refractivity contribution is 0.0593. The zero-order chi connectivity index (χ0) is 17.4. The monoisotopic (exact) mass is 316 g/mol. The molecule has 6 heteroatoms. The van der Waals surface area contributed by atoms with Crippen LogP contribution in [0.4, 0.5) is 11.4 Å². The van der Waals surface area contributed by atoms with E-state index in [4.69, 9.17) is 11.5 Å². The lowest BCUT2D eigenvalue weighted by Gasteiger charge is -2.04. The van der Waals surface area contributed by atoms with Crippen LogP contribution >= 0.6 is 0 Å². The standard InChI is InChI=1S/C9H11NO2.C8H9NO2/c1-6-4-3-5-7(8(6)10)9(11)12-2;1-11-8(10)6-4-2-3-5-7(6)9/h3-5H,10H2,1-2H3;2-5H,9H2,1H3. The van der Waals surface area contributed by atoms with Gasteiger partial charge in [0.2, 0.25) is 0 Å². The van der Waals surface area contributed by atoms with Crippen molar-refractivity contribution in [3.8, 4) is 0 Å². The van der Waals surface area contributed by atoms with E-state index in [0.29, 0.717) is 22.5 Å². The molecule has 2 aromatic carbocycles. The lowest BCUT2D eigenvalue weighted by Crippen LogP contribution is -2.06. The van der Waals surface area contributed by atoms with Crippen LogP contribution < -0.4 is 11.5 Å². The third-order valence-corrected chi connectivity index (χ3v) is 3.10. The van der Waals surface area contributed by atoms with E-state index >= 15 is 0 Å². The second-order valence-corrected chi connectivity index (χ2v) is 4.61. The first-order valence-corrected chi connectivity index (χ1v) is 6.78. The number of hydrogen-bond acceptors (Lipinski definition) is 6. The highest BCUT2D eigenvalue weighted by Gasteiger charge is 2.09. The molecule has 0 amide bonds. The minimum atomic E-state index is -0.400. The average molecular weight is 316 g/mol. The summed E-state index contributed by atoms with van der Waals surface area (Å²) in [5, 5.41) is 0. The Hall–Kier alpha value is -3.02. The second kappa shape index (κ2) is 8.43. The Balaban J connectivity index is 0.000000231. The fraction of sp³-hybridized carbons (Fsp3) is 0.176. The number of carbonyl (C=O) groups excluding carboxylic acids is 2. The lowest BCUT2D eigenvalue weighted by atomic mass is 10.1. The third kappa shape index (κ3) is 4.74. The van der Waals surface area contributed by atoms with E-state index in [1.165, 1.54) is 14.2 Å². The summed E-state index contributed by atoms with van der Waals surface area (Å²) < 4.78 is 9.05. The summed E-state index contributed by atoms with van der Waals surface area (Å²) in [6.45, 7) is 1.85. The van der Waals surface area contributed by atoms with Gasteiger partial charge >= 0.3 is 11.9 Å². The van der Waals surface area contributed by atoms with Crippen molar-refractivity contribution in [1.82, 2.24) is 0 Å². The van der Waals surface area contributed by atoms with Crippen molar-refractivity contribution in [2.24, 2.45) is 0 Å². The molecule has 0 bridgehead atoms. The molecule has 0 fully saturated rings. The number of benzene rings is 2. The molecular formula is C17H20N2O4. The van der Waals surface area contributed by atoms with Gasteiger partial charge in [0.1, 0.15) is 0 Å². The summed E-state index contributed by atoms with van der Waals surface area (Å²) in [5.41, 5.74) is 13.8. The molecule has 2 rings (SSSR count). The first-order valence-electron chi connectivity index (χ1n) is 6.78. The molecule has 0 heterocycles. The van der Waals surface area contributed by atoms with Crippen molar-refractivity contribution in [3.05, 3.63) is 59.2 Å². The van der Waals surface area contributed by atoms with Crippen LogP contribution in [0.3, 0.4) is 0 Å². The van der Waals surface area contributed by atoms with E-state index in [1.807, 2.05) is 13.0 Å². The molecule has 2 aromatic rings. The number of rotatable bonds is 2. The average Bonchev–Trinajstić information content (AvgIpc) is 2.57. The van der Waals surface area contributed by atoms with Crippen LogP contribution in [0.2, 0.25) is 0 Å². The number of aryl methyl sites for hydroxylation is 1. The maximum absolute atomic E-state index is 11.1. The van der Waals surface area contributed by atoms with Crippen LogP contribution in [0.25, 0.3) is 0 Å². The van der Waals surface area contributed by atoms with Crippen molar-refractivity contribution in [2.45, 2.75) is 6.92 Å². The van der Waals surface area contributed by atoms with Crippen molar-refractivity contribution in [3.63, 3.8) is 0 Å². The van der Waals surface area contributed by atoms with Crippen molar-refractivity contribution in [2.75, 3.05) is 25.7 Å². The number of methoxy groups -OCH3 is 2. The Morgan fingerprint density at radius 2 is 1.35 bits per heavy atom. The number of carbonyl (C=O) groups is 2. The van der Waals surface area contributed by atoms with E-state index in [-0.39, 0.29) is 0 Å². The summed E-state index contributed by atoms with van der Waals surface area (Å²) in [5.74, 6) is -0.792. The highest BCUT2D eigenvalue weighted by molar-refractivity contribution is 5.95. The summed E-state index contributed by atoms with van der Waals surface area (Å²) in [6.07, 6.45) is 0. The minimum absolute atomic E-state index is 0.392. The van der Waals surface area contributed by atoms with Gasteiger partial charge in [0.05, 0.1) is 25.3 Å². The van der Waals surface area contributed by atoms with E-state index in [2.05, 4.69) is 9.47 Å². The van der Waals surface area contributed by atoms with Crippen LogP contribution in [0.5, 0.6) is 0 Å². The number of nitrogens with two attached hydrogens (primary N) is 2. The van der Waals surface area contributed by atoms with Crippen LogP contribution in [-0.4, -0.2) is 26.2 Å². The fourth-order valence-electron chi connectivity index (χ4n) is 1.76. The van der Waals surface area contributed by atoms with Crippen LogP contribution in [-0.2, 0) is 9.47 Å². The molecule has 0 radical (unpaired) electrons. The minimum Gasteiger partial charge on any atom is -0.465 e. The van der Waals surface area contributed by atoms with Crippen molar-refractivity contribution >= 4 is 23.3 Å². The second-order valence-electron chi connectivity index (χ2n) is 4.61. The summed E-state index contributed by atoms with van der Waals surface area (Å²) >= 11 is 0. The number of ether oxygens (including phenoxy) is 2. The molecule has 122 valence electrons. The third-order valence-electron chi connectivity index (χ3n) is 3.10. The molecule has 0 aromatic heterocycles. The molecule has 0 atom stereocenters. The van der Waals surface area contributed by atoms with Gasteiger partial charge in [-0.15, -0.1) is 0 Å². The number of nitrogen functional groups attached to an aromatic ring is 2. The summed E-state index contributed by atoms with van der Waals surface area (Å²) in [4.78, 5) is 22.0. The molecule has 4 N–H and O–H groups in total.